The molecule has 0 aliphatic rings. The third-order valence-corrected chi connectivity index (χ3v) is 1.73. The Labute approximate surface area is 108 Å². The molecule has 0 aromatic heterocycles. The summed E-state index contributed by atoms with van der Waals surface area (Å²) < 4.78 is 0. The van der Waals surface area contributed by atoms with Crippen LogP contribution in [-0.2, 0) is 9.63 Å². The summed E-state index contributed by atoms with van der Waals surface area (Å²) in [7, 11) is 0. The molecule has 4 nitrogen and oxygen atoms in total. The molecule has 0 bridgehead atoms. The van der Waals surface area contributed by atoms with Crippen molar-refractivity contribution in [2.45, 2.75) is 45.4 Å². The fourth-order valence-electron chi connectivity index (χ4n) is 1.05. The summed E-state index contributed by atoms with van der Waals surface area (Å²) in [5.41, 5.74) is 2.17. The fourth-order valence-corrected chi connectivity index (χ4v) is 1.05. The van der Waals surface area contributed by atoms with Crippen LogP contribution in [0.1, 0.15) is 45.4 Å². The zero-order chi connectivity index (χ0) is 9.07. The van der Waals surface area contributed by atoms with E-state index < -0.39 is 0 Å². The summed E-state index contributed by atoms with van der Waals surface area (Å²) in [5, 5.41) is 0. The molecule has 0 heterocycles. The van der Waals surface area contributed by atoms with Crippen molar-refractivity contribution in [2.24, 2.45) is 0 Å². The number of hydrogen-bond acceptors (Lipinski definition) is 2. The molecule has 0 unspecified atom stereocenters. The Morgan fingerprint density at radius 1 is 1.14 bits per heavy atom. The van der Waals surface area contributed by atoms with Crippen molar-refractivity contribution < 1.29 is 15.1 Å². The van der Waals surface area contributed by atoms with Gasteiger partial charge in [0.15, 0.2) is 0 Å². The maximum atomic E-state index is 9.74. The van der Waals surface area contributed by atoms with Gasteiger partial charge in [-0.05, 0) is 6.42 Å². The predicted octanol–water partition coefficient (Wildman–Crippen LogP) is 0.551. The van der Waals surface area contributed by atoms with Crippen LogP contribution in [0.5, 0.6) is 0 Å². The molecule has 0 aliphatic carbocycles. The summed E-state index contributed by atoms with van der Waals surface area (Å²) in [6.07, 6.45) is 7.98. The summed E-state index contributed by atoms with van der Waals surface area (Å²) in [4.78, 5) is 14.5. The number of carbonyl (C=O) groups excluding carboxylic acids is 1. The monoisotopic (exact) mass is 215 g/mol. The SMILES string of the molecule is CCCCCCCCONC=O.O.[NaH]. The first-order valence-electron chi connectivity index (χ1n) is 4.72. The van der Waals surface area contributed by atoms with E-state index in [1.807, 2.05) is 0 Å². The van der Waals surface area contributed by atoms with Crippen LogP contribution >= 0.6 is 0 Å². The van der Waals surface area contributed by atoms with Crippen molar-refractivity contribution >= 4 is 36.0 Å². The molecule has 3 N–H and O–H groups in total. The molecule has 0 saturated carbocycles. The van der Waals surface area contributed by atoms with E-state index in [1.54, 1.807) is 0 Å². The molecule has 0 rings (SSSR count). The van der Waals surface area contributed by atoms with Crippen molar-refractivity contribution in [3.05, 3.63) is 0 Å². The van der Waals surface area contributed by atoms with Crippen molar-refractivity contribution in [2.75, 3.05) is 6.61 Å². The van der Waals surface area contributed by atoms with Crippen LogP contribution in [0.3, 0.4) is 0 Å². The standard InChI is InChI=1S/C9H19NO2.Na.H2O.H/c1-2-3-4-5-6-7-8-12-10-9-11;;;/h9H,2-8H2,1H3,(H,10,11);;1H2;. The van der Waals surface area contributed by atoms with Crippen LogP contribution < -0.4 is 5.48 Å². The van der Waals surface area contributed by atoms with E-state index in [-0.39, 0.29) is 35.0 Å². The Hall–Kier alpha value is 0.390. The first-order valence-corrected chi connectivity index (χ1v) is 4.72. The predicted molar refractivity (Wildman–Crippen MR) is 59.3 cm³/mol. The number of hydroxylamine groups is 1. The second-order valence-electron chi connectivity index (χ2n) is 2.85. The molecule has 0 aromatic rings. The van der Waals surface area contributed by atoms with Crippen LogP contribution in [-0.4, -0.2) is 48.1 Å². The average molecular weight is 215 g/mol. The van der Waals surface area contributed by atoms with Crippen molar-refractivity contribution in [1.29, 1.82) is 0 Å². The van der Waals surface area contributed by atoms with Gasteiger partial charge in [0.2, 0.25) is 6.41 Å². The Morgan fingerprint density at radius 2 is 1.71 bits per heavy atom. The minimum absolute atomic E-state index is 0. The number of carbonyl (C=O) groups is 1. The molecule has 14 heavy (non-hydrogen) atoms. The van der Waals surface area contributed by atoms with Crippen molar-refractivity contribution in [3.63, 3.8) is 0 Å². The Bertz CT molecular complexity index is 104. The zero-order valence-electron chi connectivity index (χ0n) is 8.34. The van der Waals surface area contributed by atoms with E-state index in [0.717, 1.165) is 6.42 Å². The zero-order valence-corrected chi connectivity index (χ0v) is 8.34. The quantitative estimate of drug-likeness (QED) is 0.264. The molecule has 5 heteroatoms. The summed E-state index contributed by atoms with van der Waals surface area (Å²) in [6, 6.07) is 0. The van der Waals surface area contributed by atoms with E-state index >= 15 is 0 Å². The minimum atomic E-state index is 0. The summed E-state index contributed by atoms with van der Waals surface area (Å²) in [6.45, 7) is 2.84. The van der Waals surface area contributed by atoms with E-state index in [1.165, 1.54) is 32.1 Å². The Morgan fingerprint density at radius 3 is 2.29 bits per heavy atom. The number of unbranched alkanes of at least 4 members (excludes halogenated alkanes) is 5. The number of rotatable bonds is 9. The second kappa shape index (κ2) is 19.0. The fraction of sp³-hybridized carbons (Fsp3) is 0.889. The first kappa shape index (κ1) is 19.9. The van der Waals surface area contributed by atoms with Crippen LogP contribution in [0.4, 0.5) is 0 Å². The maximum absolute atomic E-state index is 9.74. The van der Waals surface area contributed by atoms with Gasteiger partial charge >= 0.3 is 29.6 Å². The van der Waals surface area contributed by atoms with Gasteiger partial charge in [0, 0.05) is 0 Å². The van der Waals surface area contributed by atoms with Gasteiger partial charge in [-0.15, -0.1) is 0 Å². The molecule has 0 spiro atoms. The van der Waals surface area contributed by atoms with Crippen LogP contribution in [0.25, 0.3) is 0 Å². The molecule has 82 valence electrons. The van der Waals surface area contributed by atoms with Gasteiger partial charge in [0.1, 0.15) is 0 Å². The van der Waals surface area contributed by atoms with Crippen LogP contribution in [0, 0.1) is 0 Å². The molecule has 0 radical (unpaired) electrons. The van der Waals surface area contributed by atoms with Crippen molar-refractivity contribution in [3.8, 4) is 0 Å². The summed E-state index contributed by atoms with van der Waals surface area (Å²) in [5.74, 6) is 0. The topological polar surface area (TPSA) is 69.8 Å². The van der Waals surface area contributed by atoms with Gasteiger partial charge in [-0.25, -0.2) is 5.48 Å². The molecular weight excluding hydrogens is 193 g/mol. The number of nitrogens with one attached hydrogen (secondary N) is 1. The first-order chi connectivity index (χ1) is 5.91. The Kier molecular flexibility index (Phi) is 27.0. The normalized spacial score (nSPS) is 8.36. The van der Waals surface area contributed by atoms with Crippen molar-refractivity contribution in [1.82, 2.24) is 5.48 Å². The molecule has 0 aromatic carbocycles. The number of hydrogen-bond donors (Lipinski definition) is 1. The molecule has 0 saturated heterocycles. The molecule has 1 amide bonds. The Balaban J connectivity index is -0.000000605. The van der Waals surface area contributed by atoms with Gasteiger partial charge in [0.25, 0.3) is 0 Å². The van der Waals surface area contributed by atoms with Gasteiger partial charge < -0.3 is 5.48 Å². The van der Waals surface area contributed by atoms with Gasteiger partial charge in [-0.3, -0.25) is 9.63 Å². The van der Waals surface area contributed by atoms with E-state index in [2.05, 4.69) is 12.4 Å². The average Bonchev–Trinajstić information content (AvgIpc) is 2.10. The van der Waals surface area contributed by atoms with E-state index in [0.29, 0.717) is 13.0 Å². The van der Waals surface area contributed by atoms with E-state index in [4.69, 9.17) is 4.84 Å². The van der Waals surface area contributed by atoms with Gasteiger partial charge in [0.05, 0.1) is 6.61 Å². The third kappa shape index (κ3) is 18.2. The summed E-state index contributed by atoms with van der Waals surface area (Å²) >= 11 is 0. The van der Waals surface area contributed by atoms with Gasteiger partial charge in [-0.1, -0.05) is 39.0 Å². The van der Waals surface area contributed by atoms with Gasteiger partial charge in [-0.2, -0.15) is 0 Å². The second-order valence-corrected chi connectivity index (χ2v) is 2.85. The van der Waals surface area contributed by atoms with Crippen LogP contribution in [0.15, 0.2) is 0 Å². The van der Waals surface area contributed by atoms with Crippen LogP contribution in [0.2, 0.25) is 0 Å². The van der Waals surface area contributed by atoms with E-state index in [9.17, 15) is 4.79 Å². The molecular formula is C9H22NNaO3. The molecule has 0 aliphatic heterocycles. The number of amides is 1. The molecule has 0 fully saturated rings. The molecule has 0 atom stereocenters. The third-order valence-electron chi connectivity index (χ3n) is 1.73.